The van der Waals surface area contributed by atoms with Crippen LogP contribution in [-0.2, 0) is 0 Å². The van der Waals surface area contributed by atoms with E-state index in [1.54, 1.807) is 0 Å². The Labute approximate surface area is 127 Å². The second-order valence-electron chi connectivity index (χ2n) is 6.84. The first-order chi connectivity index (χ1) is 9.81. The first-order valence-electron chi connectivity index (χ1n) is 8.32. The fraction of sp³-hybridized carbons (Fsp3) is 0.765. The molecular weight excluding hydrogens is 264 g/mol. The smallest absolute Gasteiger partial charge is 0.0475 e. The highest BCUT2D eigenvalue weighted by atomic mass is 32.1. The van der Waals surface area contributed by atoms with E-state index in [1.165, 1.54) is 63.8 Å². The Kier molecular flexibility index (Phi) is 5.00. The summed E-state index contributed by atoms with van der Waals surface area (Å²) in [6, 6.07) is 2.95. The summed E-state index contributed by atoms with van der Waals surface area (Å²) in [6.07, 6.45) is 8.60. The minimum Gasteiger partial charge on any atom is -0.369 e. The molecule has 0 bridgehead atoms. The highest BCUT2D eigenvalue weighted by Crippen LogP contribution is 2.26. The molecule has 0 aromatic carbocycles. The third kappa shape index (κ3) is 3.76. The van der Waals surface area contributed by atoms with Gasteiger partial charge in [0.1, 0.15) is 0 Å². The van der Waals surface area contributed by atoms with Crippen LogP contribution in [0.5, 0.6) is 0 Å². The molecule has 20 heavy (non-hydrogen) atoms. The molecule has 112 valence electrons. The Morgan fingerprint density at radius 2 is 2.10 bits per heavy atom. The number of rotatable bonds is 4. The average molecular weight is 292 g/mol. The van der Waals surface area contributed by atoms with Crippen molar-refractivity contribution in [3.8, 4) is 0 Å². The highest BCUT2D eigenvalue weighted by molar-refractivity contribution is 7.08. The molecule has 1 aromatic rings. The Balaban J connectivity index is 1.50. The van der Waals surface area contributed by atoms with Crippen LogP contribution in [0.25, 0.3) is 0 Å². The van der Waals surface area contributed by atoms with Crippen LogP contribution in [0.15, 0.2) is 16.8 Å². The molecule has 1 saturated heterocycles. The maximum Gasteiger partial charge on any atom is 0.0475 e. The van der Waals surface area contributed by atoms with Crippen LogP contribution in [0.4, 0.5) is 5.69 Å². The lowest BCUT2D eigenvalue weighted by molar-refractivity contribution is 0.295. The van der Waals surface area contributed by atoms with Gasteiger partial charge in [0.2, 0.25) is 0 Å². The summed E-state index contributed by atoms with van der Waals surface area (Å²) in [7, 11) is 0. The molecule has 2 unspecified atom stereocenters. The van der Waals surface area contributed by atoms with Gasteiger partial charge in [0.05, 0.1) is 0 Å². The van der Waals surface area contributed by atoms with Crippen molar-refractivity contribution in [3.05, 3.63) is 16.8 Å². The molecule has 0 radical (unpaired) electrons. The van der Waals surface area contributed by atoms with Gasteiger partial charge >= 0.3 is 0 Å². The van der Waals surface area contributed by atoms with Gasteiger partial charge in [-0.1, -0.05) is 26.2 Å². The first-order valence-corrected chi connectivity index (χ1v) is 9.26. The van der Waals surface area contributed by atoms with Crippen LogP contribution in [0.3, 0.4) is 0 Å². The number of piperidine rings is 1. The van der Waals surface area contributed by atoms with Crippen LogP contribution >= 0.6 is 11.3 Å². The summed E-state index contributed by atoms with van der Waals surface area (Å²) < 4.78 is 0. The standard InChI is InChI=1S/C17H28N2S/c1-14-9-16(18-10-15-5-3-2-4-6-15)12-19(11-14)17-7-8-20-13-17/h7-8,13-16,18H,2-6,9-12H2,1H3. The second-order valence-corrected chi connectivity index (χ2v) is 7.62. The molecule has 3 rings (SSSR count). The number of nitrogens with zero attached hydrogens (tertiary/aromatic N) is 1. The molecule has 2 fully saturated rings. The molecule has 1 aliphatic heterocycles. The molecule has 1 saturated carbocycles. The van der Waals surface area contributed by atoms with Crippen molar-refractivity contribution >= 4 is 17.0 Å². The van der Waals surface area contributed by atoms with Crippen LogP contribution < -0.4 is 10.2 Å². The summed E-state index contributed by atoms with van der Waals surface area (Å²) >= 11 is 1.81. The van der Waals surface area contributed by atoms with E-state index in [4.69, 9.17) is 0 Å². The fourth-order valence-electron chi connectivity index (χ4n) is 3.87. The number of thiophene rings is 1. The van der Waals surface area contributed by atoms with E-state index in [-0.39, 0.29) is 0 Å². The Morgan fingerprint density at radius 3 is 2.85 bits per heavy atom. The molecule has 1 aliphatic carbocycles. The van der Waals surface area contributed by atoms with Gasteiger partial charge in [-0.3, -0.25) is 0 Å². The predicted molar refractivity (Wildman–Crippen MR) is 88.7 cm³/mol. The summed E-state index contributed by atoms with van der Waals surface area (Å²) in [5.41, 5.74) is 1.42. The Hall–Kier alpha value is -0.540. The molecule has 1 N–H and O–H groups in total. The molecular formula is C17H28N2S. The maximum atomic E-state index is 3.88. The van der Waals surface area contributed by atoms with Crippen molar-refractivity contribution in [2.24, 2.45) is 11.8 Å². The van der Waals surface area contributed by atoms with Gasteiger partial charge in [0, 0.05) is 30.2 Å². The number of hydrogen-bond acceptors (Lipinski definition) is 3. The third-order valence-corrected chi connectivity index (χ3v) is 5.62. The van der Waals surface area contributed by atoms with Gasteiger partial charge in [-0.15, -0.1) is 0 Å². The number of hydrogen-bond donors (Lipinski definition) is 1. The minimum atomic E-state index is 0.681. The summed E-state index contributed by atoms with van der Waals surface area (Å²) in [5, 5.41) is 8.36. The highest BCUT2D eigenvalue weighted by Gasteiger charge is 2.25. The normalized spacial score (nSPS) is 28.8. The van der Waals surface area contributed by atoms with Crippen LogP contribution in [-0.4, -0.2) is 25.7 Å². The van der Waals surface area contributed by atoms with E-state index in [0.717, 1.165) is 11.8 Å². The van der Waals surface area contributed by atoms with E-state index in [1.807, 2.05) is 11.3 Å². The molecule has 0 spiro atoms. The van der Waals surface area contributed by atoms with Crippen molar-refractivity contribution in [1.29, 1.82) is 0 Å². The van der Waals surface area contributed by atoms with Crippen LogP contribution in [0, 0.1) is 11.8 Å². The Bertz CT molecular complexity index is 384. The fourth-order valence-corrected chi connectivity index (χ4v) is 4.54. The van der Waals surface area contributed by atoms with E-state index >= 15 is 0 Å². The van der Waals surface area contributed by atoms with E-state index in [2.05, 4.69) is 34.0 Å². The predicted octanol–water partition coefficient (Wildman–Crippen LogP) is 4.13. The monoisotopic (exact) mass is 292 g/mol. The summed E-state index contributed by atoms with van der Waals surface area (Å²) in [4.78, 5) is 2.57. The lowest BCUT2D eigenvalue weighted by Crippen LogP contribution is -2.49. The zero-order valence-electron chi connectivity index (χ0n) is 12.7. The number of nitrogens with one attached hydrogen (secondary N) is 1. The van der Waals surface area contributed by atoms with Crippen molar-refractivity contribution in [2.75, 3.05) is 24.5 Å². The zero-order chi connectivity index (χ0) is 13.8. The van der Waals surface area contributed by atoms with Gasteiger partial charge in [-0.2, -0.15) is 11.3 Å². The summed E-state index contributed by atoms with van der Waals surface area (Å²) in [6.45, 7) is 6.05. The van der Waals surface area contributed by atoms with E-state index in [9.17, 15) is 0 Å². The van der Waals surface area contributed by atoms with Gasteiger partial charge in [0.15, 0.2) is 0 Å². The van der Waals surface area contributed by atoms with Crippen molar-refractivity contribution in [3.63, 3.8) is 0 Å². The molecule has 0 amide bonds. The largest absolute Gasteiger partial charge is 0.369 e. The molecule has 2 aliphatic rings. The quantitative estimate of drug-likeness (QED) is 0.897. The molecule has 2 nitrogen and oxygen atoms in total. The minimum absolute atomic E-state index is 0.681. The van der Waals surface area contributed by atoms with Crippen molar-refractivity contribution in [2.45, 2.75) is 51.5 Å². The van der Waals surface area contributed by atoms with Gasteiger partial charge in [-0.05, 0) is 49.1 Å². The lowest BCUT2D eigenvalue weighted by Gasteiger charge is -2.38. The number of anilines is 1. The topological polar surface area (TPSA) is 15.3 Å². The third-order valence-electron chi connectivity index (χ3n) is 4.95. The lowest BCUT2D eigenvalue weighted by atomic mass is 9.88. The van der Waals surface area contributed by atoms with Crippen LogP contribution in [0.2, 0.25) is 0 Å². The van der Waals surface area contributed by atoms with Gasteiger partial charge in [-0.25, -0.2) is 0 Å². The van der Waals surface area contributed by atoms with Gasteiger partial charge < -0.3 is 10.2 Å². The zero-order valence-corrected chi connectivity index (χ0v) is 13.5. The van der Waals surface area contributed by atoms with Crippen molar-refractivity contribution < 1.29 is 0 Å². The molecule has 2 heterocycles. The Morgan fingerprint density at radius 1 is 1.25 bits per heavy atom. The van der Waals surface area contributed by atoms with Gasteiger partial charge in [0.25, 0.3) is 0 Å². The van der Waals surface area contributed by atoms with Crippen molar-refractivity contribution in [1.82, 2.24) is 5.32 Å². The maximum absolute atomic E-state index is 3.88. The van der Waals surface area contributed by atoms with E-state index < -0.39 is 0 Å². The molecule has 2 atom stereocenters. The first kappa shape index (κ1) is 14.4. The van der Waals surface area contributed by atoms with Crippen LogP contribution in [0.1, 0.15) is 45.4 Å². The SMILES string of the molecule is CC1CC(NCC2CCCCC2)CN(c2ccsc2)C1. The average Bonchev–Trinajstić information content (AvgIpc) is 3.00. The molecule has 3 heteroatoms. The van der Waals surface area contributed by atoms with E-state index in [0.29, 0.717) is 6.04 Å². The molecule has 1 aromatic heterocycles. The summed E-state index contributed by atoms with van der Waals surface area (Å²) in [5.74, 6) is 1.74. The second kappa shape index (κ2) is 6.95.